The van der Waals surface area contributed by atoms with Gasteiger partial charge in [0.2, 0.25) is 0 Å². The van der Waals surface area contributed by atoms with Crippen molar-refractivity contribution in [1.82, 2.24) is 0 Å². The Morgan fingerprint density at radius 1 is 1.25 bits per heavy atom. The minimum Gasteiger partial charge on any atom is -0.399 e. The molecule has 1 aliphatic rings. The lowest BCUT2D eigenvalue weighted by atomic mass is 10.1. The summed E-state index contributed by atoms with van der Waals surface area (Å²) < 4.78 is 13.9. The number of nitrogens with zero attached hydrogens (tertiary/aromatic N) is 1. The molecule has 2 N–H and O–H groups in total. The van der Waals surface area contributed by atoms with Crippen LogP contribution in [0.4, 0.5) is 15.8 Å². The topological polar surface area (TPSA) is 46.3 Å². The number of anilines is 2. The highest BCUT2D eigenvalue weighted by molar-refractivity contribution is 9.10. The maximum Gasteiger partial charge on any atom is 0.259 e. The van der Waals surface area contributed by atoms with Gasteiger partial charge in [-0.15, -0.1) is 0 Å². The highest BCUT2D eigenvalue weighted by atomic mass is 79.9. The first kappa shape index (κ1) is 13.1. The Labute approximate surface area is 124 Å². The lowest BCUT2D eigenvalue weighted by molar-refractivity contribution is 0.0988. The van der Waals surface area contributed by atoms with Crippen LogP contribution in [0.25, 0.3) is 0 Å². The van der Waals surface area contributed by atoms with E-state index in [0.717, 1.165) is 17.7 Å². The Balaban J connectivity index is 2.00. The Morgan fingerprint density at radius 2 is 2.05 bits per heavy atom. The normalized spacial score (nSPS) is 13.4. The van der Waals surface area contributed by atoms with E-state index in [1.54, 1.807) is 17.0 Å². The number of rotatable bonds is 1. The molecule has 3 nitrogen and oxygen atoms in total. The molecule has 0 aliphatic carbocycles. The van der Waals surface area contributed by atoms with Gasteiger partial charge in [-0.05, 0) is 64.3 Å². The summed E-state index contributed by atoms with van der Waals surface area (Å²) >= 11 is 3.30. The minimum absolute atomic E-state index is 0.208. The fourth-order valence-electron chi connectivity index (χ4n) is 2.44. The predicted octanol–water partition coefficient (Wildman–Crippen LogP) is 3.37. The van der Waals surface area contributed by atoms with Crippen molar-refractivity contribution < 1.29 is 9.18 Å². The van der Waals surface area contributed by atoms with Crippen LogP contribution in [0, 0.1) is 5.82 Å². The van der Waals surface area contributed by atoms with Gasteiger partial charge >= 0.3 is 0 Å². The third kappa shape index (κ3) is 2.18. The van der Waals surface area contributed by atoms with Gasteiger partial charge in [-0.1, -0.05) is 0 Å². The van der Waals surface area contributed by atoms with Gasteiger partial charge in [0.1, 0.15) is 5.82 Å². The van der Waals surface area contributed by atoms with Crippen LogP contribution >= 0.6 is 15.9 Å². The first-order chi connectivity index (χ1) is 9.56. The molecular weight excluding hydrogens is 323 g/mol. The Hall–Kier alpha value is -1.88. The highest BCUT2D eigenvalue weighted by Gasteiger charge is 2.26. The largest absolute Gasteiger partial charge is 0.399 e. The van der Waals surface area contributed by atoms with E-state index < -0.39 is 5.82 Å². The first-order valence-corrected chi connectivity index (χ1v) is 7.01. The molecular formula is C15H12BrFN2O. The van der Waals surface area contributed by atoms with Crippen molar-refractivity contribution in [2.45, 2.75) is 6.42 Å². The van der Waals surface area contributed by atoms with E-state index in [0.29, 0.717) is 22.3 Å². The fraction of sp³-hybridized carbons (Fsp3) is 0.133. The molecule has 0 unspecified atom stereocenters. The number of amides is 1. The monoisotopic (exact) mass is 334 g/mol. The van der Waals surface area contributed by atoms with Crippen LogP contribution in [0.3, 0.4) is 0 Å². The quantitative estimate of drug-likeness (QED) is 0.812. The molecule has 3 rings (SSSR count). The fourth-order valence-corrected chi connectivity index (χ4v) is 2.86. The van der Waals surface area contributed by atoms with Crippen molar-refractivity contribution in [3.05, 3.63) is 57.8 Å². The molecule has 5 heteroatoms. The Kier molecular flexibility index (Phi) is 3.22. The minimum atomic E-state index is -0.423. The second kappa shape index (κ2) is 4.90. The summed E-state index contributed by atoms with van der Waals surface area (Å²) in [6, 6.07) is 9.60. The molecule has 0 fully saturated rings. The molecule has 0 radical (unpaired) electrons. The van der Waals surface area contributed by atoms with Crippen LogP contribution in [0.2, 0.25) is 0 Å². The zero-order valence-electron chi connectivity index (χ0n) is 10.6. The van der Waals surface area contributed by atoms with Gasteiger partial charge in [0.15, 0.2) is 0 Å². The lowest BCUT2D eigenvalue weighted by Gasteiger charge is -2.18. The lowest BCUT2D eigenvalue weighted by Crippen LogP contribution is -2.29. The van der Waals surface area contributed by atoms with Gasteiger partial charge in [0, 0.05) is 22.4 Å². The van der Waals surface area contributed by atoms with Gasteiger partial charge in [-0.2, -0.15) is 0 Å². The van der Waals surface area contributed by atoms with E-state index >= 15 is 0 Å². The van der Waals surface area contributed by atoms with Gasteiger partial charge in [0.25, 0.3) is 5.91 Å². The number of hydrogen-bond acceptors (Lipinski definition) is 2. The molecule has 0 spiro atoms. The zero-order chi connectivity index (χ0) is 14.3. The Morgan fingerprint density at radius 3 is 2.85 bits per heavy atom. The first-order valence-electron chi connectivity index (χ1n) is 6.21. The van der Waals surface area contributed by atoms with Crippen LogP contribution in [0.15, 0.2) is 40.9 Å². The molecule has 1 amide bonds. The van der Waals surface area contributed by atoms with Crippen molar-refractivity contribution in [2.24, 2.45) is 0 Å². The maximum absolute atomic E-state index is 13.3. The van der Waals surface area contributed by atoms with E-state index in [9.17, 15) is 9.18 Å². The standard InChI is InChI=1S/C15H12BrFN2O/c16-13-3-1-10(17)8-12(13)15(20)19-6-5-9-7-11(18)2-4-14(9)19/h1-4,7-8H,5-6,18H2. The highest BCUT2D eigenvalue weighted by Crippen LogP contribution is 2.32. The van der Waals surface area contributed by atoms with Crippen LogP contribution in [-0.4, -0.2) is 12.5 Å². The number of benzene rings is 2. The van der Waals surface area contributed by atoms with Crippen LogP contribution in [-0.2, 0) is 6.42 Å². The predicted molar refractivity (Wildman–Crippen MR) is 80.3 cm³/mol. The summed E-state index contributed by atoms with van der Waals surface area (Å²) in [7, 11) is 0. The van der Waals surface area contributed by atoms with Crippen LogP contribution < -0.4 is 10.6 Å². The van der Waals surface area contributed by atoms with Crippen molar-refractivity contribution in [2.75, 3.05) is 17.2 Å². The van der Waals surface area contributed by atoms with Gasteiger partial charge in [-0.25, -0.2) is 4.39 Å². The summed E-state index contributed by atoms with van der Waals surface area (Å²) in [5.74, 6) is -0.631. The molecule has 1 heterocycles. The van der Waals surface area contributed by atoms with E-state index in [1.807, 2.05) is 12.1 Å². The second-order valence-corrected chi connectivity index (χ2v) is 5.57. The van der Waals surface area contributed by atoms with E-state index in [1.165, 1.54) is 12.1 Å². The van der Waals surface area contributed by atoms with Gasteiger partial charge < -0.3 is 10.6 Å². The summed E-state index contributed by atoms with van der Waals surface area (Å²) in [5.41, 5.74) is 8.66. The van der Waals surface area contributed by atoms with Gasteiger partial charge in [0.05, 0.1) is 5.56 Å². The summed E-state index contributed by atoms with van der Waals surface area (Å²) in [5, 5.41) is 0. The molecule has 0 atom stereocenters. The number of hydrogen-bond donors (Lipinski definition) is 1. The van der Waals surface area contributed by atoms with Gasteiger partial charge in [-0.3, -0.25) is 4.79 Å². The van der Waals surface area contributed by atoms with Crippen molar-refractivity contribution in [3.63, 3.8) is 0 Å². The summed E-state index contributed by atoms with van der Waals surface area (Å²) in [6.07, 6.45) is 0.763. The van der Waals surface area contributed by atoms with Crippen molar-refractivity contribution in [1.29, 1.82) is 0 Å². The number of nitrogens with two attached hydrogens (primary N) is 1. The number of carbonyl (C=O) groups excluding carboxylic acids is 1. The SMILES string of the molecule is Nc1ccc2c(c1)CCN2C(=O)c1cc(F)ccc1Br. The zero-order valence-corrected chi connectivity index (χ0v) is 12.2. The average Bonchev–Trinajstić information content (AvgIpc) is 2.83. The molecule has 2 aromatic rings. The molecule has 0 saturated carbocycles. The smallest absolute Gasteiger partial charge is 0.259 e. The van der Waals surface area contributed by atoms with E-state index in [4.69, 9.17) is 5.73 Å². The third-order valence-electron chi connectivity index (χ3n) is 3.40. The Bertz CT molecular complexity index is 702. The van der Waals surface area contributed by atoms with Crippen molar-refractivity contribution >= 4 is 33.2 Å². The number of nitrogen functional groups attached to an aromatic ring is 1. The van der Waals surface area contributed by atoms with E-state index in [2.05, 4.69) is 15.9 Å². The molecule has 1 aliphatic heterocycles. The third-order valence-corrected chi connectivity index (χ3v) is 4.09. The van der Waals surface area contributed by atoms with Crippen LogP contribution in [0.1, 0.15) is 15.9 Å². The second-order valence-electron chi connectivity index (χ2n) is 4.72. The molecule has 0 saturated heterocycles. The van der Waals surface area contributed by atoms with Crippen molar-refractivity contribution in [3.8, 4) is 0 Å². The average molecular weight is 335 g/mol. The maximum atomic E-state index is 13.3. The molecule has 102 valence electrons. The van der Waals surface area contributed by atoms with E-state index in [-0.39, 0.29) is 5.91 Å². The molecule has 0 aromatic heterocycles. The summed E-state index contributed by atoms with van der Waals surface area (Å²) in [4.78, 5) is 14.2. The van der Waals surface area contributed by atoms with Crippen LogP contribution in [0.5, 0.6) is 0 Å². The number of carbonyl (C=O) groups is 1. The molecule has 2 aromatic carbocycles. The number of fused-ring (bicyclic) bond motifs is 1. The molecule has 20 heavy (non-hydrogen) atoms. The summed E-state index contributed by atoms with van der Waals surface area (Å²) in [6.45, 7) is 0.584. The molecule has 0 bridgehead atoms. The number of halogens is 2.